The van der Waals surface area contributed by atoms with Gasteiger partial charge in [0.25, 0.3) is 0 Å². The van der Waals surface area contributed by atoms with E-state index in [0.29, 0.717) is 16.6 Å². The van der Waals surface area contributed by atoms with Crippen LogP contribution in [0.1, 0.15) is 5.76 Å². The first kappa shape index (κ1) is 15.7. The molecule has 0 amide bonds. The summed E-state index contributed by atoms with van der Waals surface area (Å²) in [4.78, 5) is 22.7. The number of nitrogens with one attached hydrogen (secondary N) is 2. The minimum Gasteiger partial charge on any atom is -0.467 e. The number of hydrogen-bond acceptors (Lipinski definition) is 8. The minimum absolute atomic E-state index is 0.0202. The van der Waals surface area contributed by atoms with Gasteiger partial charge in [0.15, 0.2) is 0 Å². The number of halogens is 1. The molecule has 3 aromatic rings. The lowest BCUT2D eigenvalue weighted by atomic mass is 10.4. The third-order valence-corrected chi connectivity index (χ3v) is 3.21. The highest BCUT2D eigenvalue weighted by atomic mass is 35.5. The number of nitro groups is 1. The van der Waals surface area contributed by atoms with Crippen molar-refractivity contribution >= 4 is 34.7 Å². The van der Waals surface area contributed by atoms with Gasteiger partial charge in [-0.3, -0.25) is 10.1 Å². The van der Waals surface area contributed by atoms with E-state index in [2.05, 4.69) is 25.6 Å². The maximum atomic E-state index is 11.4. The second-order valence-electron chi connectivity index (χ2n) is 4.60. The Morgan fingerprint density at radius 3 is 2.71 bits per heavy atom. The highest BCUT2D eigenvalue weighted by Crippen LogP contribution is 2.31. The fourth-order valence-corrected chi connectivity index (χ4v) is 2.04. The molecule has 0 aromatic carbocycles. The van der Waals surface area contributed by atoms with Crippen LogP contribution in [0.2, 0.25) is 5.02 Å². The molecule has 0 saturated heterocycles. The van der Waals surface area contributed by atoms with Crippen molar-refractivity contribution in [1.29, 1.82) is 0 Å². The molecular formula is C14H11ClN6O3. The molecule has 9 nitrogen and oxygen atoms in total. The quantitative estimate of drug-likeness (QED) is 0.515. The van der Waals surface area contributed by atoms with E-state index in [9.17, 15) is 10.1 Å². The Morgan fingerprint density at radius 2 is 2.04 bits per heavy atom. The lowest BCUT2D eigenvalue weighted by Crippen LogP contribution is -2.08. The van der Waals surface area contributed by atoms with Crippen LogP contribution in [0.25, 0.3) is 0 Å². The van der Waals surface area contributed by atoms with Crippen LogP contribution in [0.5, 0.6) is 0 Å². The molecule has 10 heteroatoms. The Hall–Kier alpha value is -3.20. The van der Waals surface area contributed by atoms with Crippen LogP contribution in [-0.4, -0.2) is 19.9 Å². The van der Waals surface area contributed by atoms with Crippen LogP contribution < -0.4 is 10.6 Å². The molecule has 122 valence electrons. The molecule has 0 spiro atoms. The molecule has 0 fully saturated rings. The SMILES string of the molecule is O=[N+]([O-])c1c(NCc2ccco2)ncnc1Nc1ccc(Cl)cn1. The van der Waals surface area contributed by atoms with Crippen molar-refractivity contribution in [3.8, 4) is 0 Å². The van der Waals surface area contributed by atoms with Crippen LogP contribution in [-0.2, 0) is 6.54 Å². The van der Waals surface area contributed by atoms with E-state index in [4.69, 9.17) is 16.0 Å². The Balaban J connectivity index is 1.87. The highest BCUT2D eigenvalue weighted by molar-refractivity contribution is 6.30. The number of anilines is 3. The maximum Gasteiger partial charge on any atom is 0.353 e. The standard InChI is InChI=1S/C14H11ClN6O3/c15-9-3-4-11(16-6-9)20-14-12(21(22)23)13(18-8-19-14)17-7-10-2-1-5-24-10/h1-6,8H,7H2,(H2,16,17,18,19,20). The van der Waals surface area contributed by atoms with Gasteiger partial charge in [-0.1, -0.05) is 11.6 Å². The van der Waals surface area contributed by atoms with Gasteiger partial charge in [0.1, 0.15) is 17.9 Å². The Kier molecular flexibility index (Phi) is 4.52. The Bertz CT molecular complexity index is 838. The molecular weight excluding hydrogens is 336 g/mol. The number of nitrogens with zero attached hydrogens (tertiary/aromatic N) is 4. The normalized spacial score (nSPS) is 10.4. The first-order valence-electron chi connectivity index (χ1n) is 6.77. The van der Waals surface area contributed by atoms with Gasteiger partial charge < -0.3 is 15.1 Å². The summed E-state index contributed by atoms with van der Waals surface area (Å²) in [6.07, 6.45) is 4.16. The molecule has 0 radical (unpaired) electrons. The van der Waals surface area contributed by atoms with E-state index in [0.717, 1.165) is 0 Å². The summed E-state index contributed by atoms with van der Waals surface area (Å²) in [5.74, 6) is 1.09. The summed E-state index contributed by atoms with van der Waals surface area (Å²) < 4.78 is 5.18. The summed E-state index contributed by atoms with van der Waals surface area (Å²) in [6, 6.07) is 6.67. The number of pyridine rings is 1. The first-order valence-corrected chi connectivity index (χ1v) is 7.15. The maximum absolute atomic E-state index is 11.4. The predicted molar refractivity (Wildman–Crippen MR) is 87.3 cm³/mol. The molecule has 24 heavy (non-hydrogen) atoms. The zero-order valence-corrected chi connectivity index (χ0v) is 12.9. The van der Waals surface area contributed by atoms with Crippen molar-refractivity contribution in [2.24, 2.45) is 0 Å². The van der Waals surface area contributed by atoms with E-state index in [-0.39, 0.29) is 23.9 Å². The van der Waals surface area contributed by atoms with Crippen molar-refractivity contribution in [1.82, 2.24) is 15.0 Å². The second kappa shape index (κ2) is 6.92. The number of rotatable bonds is 6. The third-order valence-electron chi connectivity index (χ3n) is 2.99. The fraction of sp³-hybridized carbons (Fsp3) is 0.0714. The van der Waals surface area contributed by atoms with Gasteiger partial charge in [-0.15, -0.1) is 0 Å². The smallest absolute Gasteiger partial charge is 0.353 e. The van der Waals surface area contributed by atoms with E-state index >= 15 is 0 Å². The first-order chi connectivity index (χ1) is 11.6. The van der Waals surface area contributed by atoms with Gasteiger partial charge in [-0.2, -0.15) is 0 Å². The monoisotopic (exact) mass is 346 g/mol. The molecule has 3 aromatic heterocycles. The van der Waals surface area contributed by atoms with Crippen LogP contribution >= 0.6 is 11.6 Å². The van der Waals surface area contributed by atoms with Crippen molar-refractivity contribution in [3.63, 3.8) is 0 Å². The van der Waals surface area contributed by atoms with Crippen molar-refractivity contribution in [2.45, 2.75) is 6.54 Å². The number of aromatic nitrogens is 3. The zero-order valence-electron chi connectivity index (χ0n) is 12.1. The van der Waals surface area contributed by atoms with Crippen molar-refractivity contribution in [2.75, 3.05) is 10.6 Å². The molecule has 3 rings (SSSR count). The Labute approximate surface area is 140 Å². The van der Waals surface area contributed by atoms with E-state index in [1.165, 1.54) is 18.8 Å². The van der Waals surface area contributed by atoms with Crippen LogP contribution in [0.15, 0.2) is 47.5 Å². The lowest BCUT2D eigenvalue weighted by molar-refractivity contribution is -0.383. The van der Waals surface area contributed by atoms with Crippen LogP contribution in [0.4, 0.5) is 23.1 Å². The summed E-state index contributed by atoms with van der Waals surface area (Å²) in [5, 5.41) is 17.5. The molecule has 2 N–H and O–H groups in total. The molecule has 0 atom stereocenters. The van der Waals surface area contributed by atoms with Crippen LogP contribution in [0, 0.1) is 10.1 Å². The molecule has 0 bridgehead atoms. The molecule has 0 saturated carbocycles. The third kappa shape index (κ3) is 3.58. The summed E-state index contributed by atoms with van der Waals surface area (Å²) in [7, 11) is 0. The average molecular weight is 347 g/mol. The van der Waals surface area contributed by atoms with Gasteiger partial charge in [-0.05, 0) is 24.3 Å². The summed E-state index contributed by atoms with van der Waals surface area (Å²) >= 11 is 5.77. The van der Waals surface area contributed by atoms with Gasteiger partial charge in [0.2, 0.25) is 11.6 Å². The van der Waals surface area contributed by atoms with E-state index in [1.807, 2.05) is 0 Å². The summed E-state index contributed by atoms with van der Waals surface area (Å²) in [6.45, 7) is 0.253. The zero-order chi connectivity index (χ0) is 16.9. The number of hydrogen-bond donors (Lipinski definition) is 2. The van der Waals surface area contributed by atoms with Crippen molar-refractivity contribution < 1.29 is 9.34 Å². The predicted octanol–water partition coefficient (Wildman–Crippen LogP) is 3.38. The van der Waals surface area contributed by atoms with Gasteiger partial charge in [-0.25, -0.2) is 15.0 Å². The van der Waals surface area contributed by atoms with E-state index < -0.39 is 4.92 Å². The topological polar surface area (TPSA) is 119 Å². The second-order valence-corrected chi connectivity index (χ2v) is 5.03. The molecule has 0 aliphatic carbocycles. The van der Waals surface area contributed by atoms with Crippen molar-refractivity contribution in [3.05, 3.63) is 63.9 Å². The molecule has 0 aliphatic heterocycles. The lowest BCUT2D eigenvalue weighted by Gasteiger charge is -2.09. The minimum atomic E-state index is -0.567. The van der Waals surface area contributed by atoms with Crippen LogP contribution in [0.3, 0.4) is 0 Å². The molecule has 0 unspecified atom stereocenters. The fourth-order valence-electron chi connectivity index (χ4n) is 1.93. The van der Waals surface area contributed by atoms with Gasteiger partial charge in [0.05, 0.1) is 22.8 Å². The highest BCUT2D eigenvalue weighted by Gasteiger charge is 2.23. The van der Waals surface area contributed by atoms with Gasteiger partial charge in [0, 0.05) is 6.20 Å². The summed E-state index contributed by atoms with van der Waals surface area (Å²) in [5.41, 5.74) is -0.291. The molecule has 3 heterocycles. The Morgan fingerprint density at radius 1 is 1.21 bits per heavy atom. The van der Waals surface area contributed by atoms with Gasteiger partial charge >= 0.3 is 5.69 Å². The molecule has 0 aliphatic rings. The largest absolute Gasteiger partial charge is 0.467 e. The average Bonchev–Trinajstić information content (AvgIpc) is 3.08. The number of furan rings is 1. The van der Waals surface area contributed by atoms with E-state index in [1.54, 1.807) is 24.3 Å².